The third-order valence-corrected chi connectivity index (χ3v) is 11.0. The summed E-state index contributed by atoms with van der Waals surface area (Å²) in [5.74, 6) is 3.10. The molecule has 51 heavy (non-hydrogen) atoms. The van der Waals surface area contributed by atoms with Crippen molar-refractivity contribution in [2.45, 2.75) is 74.0 Å². The molecule has 0 fully saturated rings. The number of aliphatic hydroxyl groups is 1. The molecule has 8 rings (SSSR count). The highest BCUT2D eigenvalue weighted by Gasteiger charge is 2.54. The van der Waals surface area contributed by atoms with Crippen molar-refractivity contribution in [3.8, 4) is 23.0 Å². The van der Waals surface area contributed by atoms with Crippen LogP contribution in [-0.2, 0) is 47.8 Å². The quantitative estimate of drug-likeness (QED) is 0.233. The number of methoxy groups -OCH3 is 2. The second-order valence-corrected chi connectivity index (χ2v) is 16.8. The molecule has 280 valence electrons. The average molecular weight is 771 g/mol. The van der Waals surface area contributed by atoms with Crippen molar-refractivity contribution in [2.24, 2.45) is 0 Å². The van der Waals surface area contributed by atoms with Crippen molar-refractivity contribution in [1.82, 2.24) is 9.80 Å². The first kappa shape index (κ1) is 37.8. The maximum atomic E-state index is 11.1. The Morgan fingerprint density at radius 1 is 0.784 bits per heavy atom. The summed E-state index contributed by atoms with van der Waals surface area (Å²) in [4.78, 5) is 4.62. The van der Waals surface area contributed by atoms with Crippen molar-refractivity contribution in [3.05, 3.63) is 70.8 Å². The zero-order valence-corrected chi connectivity index (χ0v) is 31.1. The molecule has 4 aliphatic heterocycles. The van der Waals surface area contributed by atoms with Gasteiger partial charge in [-0.3, -0.25) is 9.11 Å². The predicted molar refractivity (Wildman–Crippen MR) is 187 cm³/mol. The van der Waals surface area contributed by atoms with Crippen LogP contribution in [0.5, 0.6) is 23.0 Å². The molecule has 2 spiro atoms. The number of rotatable bonds is 4. The molecule has 14 nitrogen and oxygen atoms in total. The predicted octanol–water partition coefficient (Wildman–Crippen LogP) is 3.56. The fraction of sp³-hybridized carbons (Fsp3) is 0.529. The largest absolute Gasteiger partial charge is 0.493 e. The summed E-state index contributed by atoms with van der Waals surface area (Å²) in [6.07, 6.45) is 9.29. The minimum atomic E-state index is -4.51. The number of hydrogen-bond donors (Lipinski definition) is 3. The van der Waals surface area contributed by atoms with Crippen LogP contribution < -0.4 is 18.9 Å². The highest BCUT2D eigenvalue weighted by atomic mass is 35.7. The van der Waals surface area contributed by atoms with Gasteiger partial charge in [-0.2, -0.15) is 16.8 Å². The molecular formula is C34H43ClN2O12S2. The van der Waals surface area contributed by atoms with E-state index in [2.05, 4.69) is 52.8 Å². The van der Waals surface area contributed by atoms with Crippen LogP contribution in [0.3, 0.4) is 0 Å². The van der Waals surface area contributed by atoms with Crippen molar-refractivity contribution in [2.75, 3.05) is 41.4 Å². The van der Waals surface area contributed by atoms with Crippen LogP contribution in [0.25, 0.3) is 0 Å². The van der Waals surface area contributed by atoms with E-state index >= 15 is 0 Å². The average Bonchev–Trinajstić information content (AvgIpc) is 3.45. The topological polar surface area (TPSA) is 182 Å². The van der Waals surface area contributed by atoms with Crippen LogP contribution in [0, 0.1) is 0 Å². The van der Waals surface area contributed by atoms with Crippen molar-refractivity contribution in [3.63, 3.8) is 0 Å². The summed E-state index contributed by atoms with van der Waals surface area (Å²) < 4.78 is 84.5. The smallest absolute Gasteiger partial charge is 0.397 e. The molecular weight excluding hydrogens is 728 g/mol. The summed E-state index contributed by atoms with van der Waals surface area (Å²) in [6, 6.07) is 8.14. The van der Waals surface area contributed by atoms with Gasteiger partial charge < -0.3 is 33.9 Å². The highest BCUT2D eigenvalue weighted by molar-refractivity contribution is 8.09. The van der Waals surface area contributed by atoms with E-state index < -0.39 is 31.9 Å². The number of ether oxygens (including phenoxy) is 4. The van der Waals surface area contributed by atoms with Gasteiger partial charge in [0.25, 0.3) is 0 Å². The van der Waals surface area contributed by atoms with Crippen LogP contribution in [0.4, 0.5) is 0 Å². The van der Waals surface area contributed by atoms with Crippen molar-refractivity contribution in [1.29, 1.82) is 0 Å². The molecule has 0 unspecified atom stereocenters. The second-order valence-electron chi connectivity index (χ2n) is 13.8. The van der Waals surface area contributed by atoms with Gasteiger partial charge in [-0.25, -0.2) is 4.18 Å². The van der Waals surface area contributed by atoms with Crippen LogP contribution in [0.2, 0.25) is 0 Å². The van der Waals surface area contributed by atoms with E-state index in [4.69, 9.17) is 40.7 Å². The Bertz CT molecular complexity index is 1930. The van der Waals surface area contributed by atoms with Gasteiger partial charge in [-0.15, -0.1) is 0 Å². The number of nitrogens with zero attached hydrogens (tertiary/aromatic N) is 2. The Balaban J connectivity index is 0.000000157. The molecule has 0 radical (unpaired) electrons. The Hall–Kier alpha value is -2.93. The van der Waals surface area contributed by atoms with Crippen LogP contribution in [0.15, 0.2) is 48.6 Å². The maximum absolute atomic E-state index is 11.1. The minimum absolute atomic E-state index is 0.00838. The van der Waals surface area contributed by atoms with Gasteiger partial charge >= 0.3 is 19.7 Å². The van der Waals surface area contributed by atoms with Crippen molar-refractivity contribution < 1.29 is 54.2 Å². The van der Waals surface area contributed by atoms with Gasteiger partial charge in [0.15, 0.2) is 23.0 Å². The standard InChI is InChI=1S/C17H21NO6S.C17H21NO3.ClHO3S/c1-18-8-7-17-6-5-12(24-25(19,20)21)9-14(17)23-16-13(22-2)4-3-11(10-18)15(16)17;1-18-8-7-17-6-5-12(19)9-14(17)21-16-13(20-2)4-3-11(10-18)15(16)17;1-5(2,3)4/h3-6,12,14H,7-10H2,1-2H3,(H,19,20,21);3-6,12,14,19H,7-10H2,1-2H3;(H,2,3,4)/t2*12-,14-,17+;/m00./s1. The molecule has 6 atom stereocenters. The Morgan fingerprint density at radius 3 is 1.69 bits per heavy atom. The molecule has 6 aliphatic rings. The van der Waals surface area contributed by atoms with Crippen molar-refractivity contribution >= 4 is 30.4 Å². The lowest BCUT2D eigenvalue weighted by Crippen LogP contribution is -2.43. The summed E-state index contributed by atoms with van der Waals surface area (Å²) >= 11 is 0. The lowest BCUT2D eigenvalue weighted by Gasteiger charge is -2.36. The van der Waals surface area contributed by atoms with Crippen LogP contribution >= 0.6 is 10.7 Å². The van der Waals surface area contributed by atoms with Gasteiger partial charge in [-0.05, 0) is 63.3 Å². The molecule has 2 aliphatic carbocycles. The van der Waals surface area contributed by atoms with Crippen LogP contribution in [-0.4, -0.2) is 107 Å². The molecule has 0 saturated heterocycles. The molecule has 0 bridgehead atoms. The summed E-state index contributed by atoms with van der Waals surface area (Å²) in [5.41, 5.74) is 4.47. The van der Waals surface area contributed by atoms with Crippen LogP contribution in [0.1, 0.15) is 47.9 Å². The molecule has 2 aromatic carbocycles. The first-order valence-electron chi connectivity index (χ1n) is 16.5. The fourth-order valence-electron chi connectivity index (χ4n) is 8.37. The summed E-state index contributed by atoms with van der Waals surface area (Å²) in [6.45, 7) is 3.67. The van der Waals surface area contributed by atoms with E-state index in [1.165, 1.54) is 16.7 Å². The zero-order valence-electron chi connectivity index (χ0n) is 28.7. The first-order valence-corrected chi connectivity index (χ1v) is 20.1. The monoisotopic (exact) mass is 770 g/mol. The van der Waals surface area contributed by atoms with E-state index in [9.17, 15) is 13.5 Å². The Kier molecular flexibility index (Phi) is 10.5. The summed E-state index contributed by atoms with van der Waals surface area (Å²) in [7, 11) is 2.89. The van der Waals surface area contributed by atoms with E-state index in [0.717, 1.165) is 61.8 Å². The molecule has 2 aromatic rings. The molecule has 0 aromatic heterocycles. The third kappa shape index (κ3) is 7.61. The first-order chi connectivity index (χ1) is 24.0. The van der Waals surface area contributed by atoms with Gasteiger partial charge in [0.1, 0.15) is 18.3 Å². The molecule has 17 heteroatoms. The number of aliphatic hydroxyl groups excluding tert-OH is 1. The van der Waals surface area contributed by atoms with E-state index in [-0.39, 0.29) is 23.0 Å². The van der Waals surface area contributed by atoms with Gasteiger partial charge in [0, 0.05) is 47.7 Å². The lowest BCUT2D eigenvalue weighted by molar-refractivity contribution is 0.0821. The molecule has 3 N–H and O–H groups in total. The third-order valence-electron chi connectivity index (χ3n) is 10.5. The van der Waals surface area contributed by atoms with Gasteiger partial charge in [-0.1, -0.05) is 36.4 Å². The fourth-order valence-corrected chi connectivity index (χ4v) is 8.83. The molecule has 0 amide bonds. The zero-order chi connectivity index (χ0) is 36.9. The molecule has 0 saturated carbocycles. The molecule has 4 heterocycles. The van der Waals surface area contributed by atoms with Gasteiger partial charge in [0.05, 0.1) is 31.2 Å². The highest BCUT2D eigenvalue weighted by Crippen LogP contribution is 2.57. The Labute approximate surface area is 302 Å². The summed E-state index contributed by atoms with van der Waals surface area (Å²) in [5, 5.41) is 9.97. The number of hydrogen-bond acceptors (Lipinski definition) is 12. The normalized spacial score (nSPS) is 30.3. The lowest BCUT2D eigenvalue weighted by atomic mass is 9.69. The Morgan fingerprint density at radius 2 is 1.24 bits per heavy atom. The van der Waals surface area contributed by atoms with Gasteiger partial charge in [0.2, 0.25) is 0 Å². The number of halogens is 1. The SMILES string of the molecule is COc1ccc2c3c1O[C@H]1C[C@@H](O)C=C[C@]31CCN(C)C2.COc1ccc2c3c1O[C@H]1C[C@@H](OS(=O)(=O)O)C=C[C@]31CCN(C)C2.O=S(=O)(O)Cl. The second kappa shape index (κ2) is 14.1. The maximum Gasteiger partial charge on any atom is 0.397 e. The number of benzene rings is 2. The van der Waals surface area contributed by atoms with E-state index in [0.29, 0.717) is 18.6 Å². The van der Waals surface area contributed by atoms with E-state index in [1.54, 1.807) is 20.3 Å². The minimum Gasteiger partial charge on any atom is -0.493 e. The van der Waals surface area contributed by atoms with E-state index in [1.807, 2.05) is 24.3 Å².